The van der Waals surface area contributed by atoms with Crippen LogP contribution in [0.1, 0.15) is 30.8 Å². The summed E-state index contributed by atoms with van der Waals surface area (Å²) in [7, 11) is 0. The van der Waals surface area contributed by atoms with Crippen molar-refractivity contribution in [1.82, 2.24) is 9.97 Å². The molecule has 17 heavy (non-hydrogen) atoms. The third kappa shape index (κ3) is 4.22. The molecule has 0 saturated carbocycles. The van der Waals surface area contributed by atoms with Gasteiger partial charge < -0.3 is 9.47 Å². The molecule has 4 nitrogen and oxygen atoms in total. The van der Waals surface area contributed by atoms with Crippen LogP contribution in [0.2, 0.25) is 5.15 Å². The summed E-state index contributed by atoms with van der Waals surface area (Å²) >= 11 is 5.85. The van der Waals surface area contributed by atoms with Crippen LogP contribution in [0.4, 0.5) is 0 Å². The molecule has 0 amide bonds. The number of ether oxygens (including phenoxy) is 2. The summed E-state index contributed by atoms with van der Waals surface area (Å²) in [5.41, 5.74) is 0.859. The Morgan fingerprint density at radius 2 is 2.35 bits per heavy atom. The predicted octanol–water partition coefficient (Wildman–Crippen LogP) is 2.52. The van der Waals surface area contributed by atoms with E-state index in [2.05, 4.69) is 9.97 Å². The lowest BCUT2D eigenvalue weighted by molar-refractivity contribution is -0.0458. The standard InChI is InChI=1S/C12H17ClN2O2/c1-9-6-11(13)15-12(14-9)8-16-7-10-4-2-3-5-17-10/h6,10H,2-5,7-8H2,1H3. The lowest BCUT2D eigenvalue weighted by Gasteiger charge is -2.22. The third-order valence-electron chi connectivity index (χ3n) is 2.68. The van der Waals surface area contributed by atoms with Gasteiger partial charge in [0.2, 0.25) is 0 Å². The number of nitrogens with zero attached hydrogens (tertiary/aromatic N) is 2. The Morgan fingerprint density at radius 1 is 1.47 bits per heavy atom. The van der Waals surface area contributed by atoms with E-state index in [0.717, 1.165) is 25.1 Å². The Hall–Kier alpha value is -0.710. The first-order chi connectivity index (χ1) is 8.24. The normalized spacial score (nSPS) is 20.5. The molecule has 2 rings (SSSR count). The van der Waals surface area contributed by atoms with Crippen molar-refractivity contribution in [2.24, 2.45) is 0 Å². The third-order valence-corrected chi connectivity index (χ3v) is 2.87. The lowest BCUT2D eigenvalue weighted by atomic mass is 10.1. The topological polar surface area (TPSA) is 44.2 Å². The van der Waals surface area contributed by atoms with E-state index in [1.54, 1.807) is 6.07 Å². The monoisotopic (exact) mass is 256 g/mol. The molecule has 5 heteroatoms. The first-order valence-electron chi connectivity index (χ1n) is 5.93. The quantitative estimate of drug-likeness (QED) is 0.777. The zero-order chi connectivity index (χ0) is 12.1. The molecular weight excluding hydrogens is 240 g/mol. The summed E-state index contributed by atoms with van der Waals surface area (Å²) in [6.45, 7) is 3.73. The minimum absolute atomic E-state index is 0.226. The number of hydrogen-bond acceptors (Lipinski definition) is 4. The minimum Gasteiger partial charge on any atom is -0.376 e. The Bertz CT molecular complexity index is 347. The summed E-state index contributed by atoms with van der Waals surface area (Å²) in [5.74, 6) is 0.630. The molecule has 1 aromatic rings. The van der Waals surface area contributed by atoms with E-state index < -0.39 is 0 Å². The van der Waals surface area contributed by atoms with E-state index in [9.17, 15) is 0 Å². The van der Waals surface area contributed by atoms with Crippen LogP contribution in [0.25, 0.3) is 0 Å². The van der Waals surface area contributed by atoms with Crippen molar-refractivity contribution in [2.75, 3.05) is 13.2 Å². The molecule has 1 aliphatic heterocycles. The van der Waals surface area contributed by atoms with Crippen LogP contribution < -0.4 is 0 Å². The Morgan fingerprint density at radius 3 is 3.06 bits per heavy atom. The summed E-state index contributed by atoms with van der Waals surface area (Å²) in [4.78, 5) is 8.36. The molecular formula is C12H17ClN2O2. The zero-order valence-electron chi connectivity index (χ0n) is 9.99. The summed E-state index contributed by atoms with van der Waals surface area (Å²) < 4.78 is 11.1. The van der Waals surface area contributed by atoms with Gasteiger partial charge in [0.1, 0.15) is 11.8 Å². The molecule has 0 aliphatic carbocycles. The second-order valence-corrected chi connectivity index (χ2v) is 4.64. The van der Waals surface area contributed by atoms with Gasteiger partial charge in [-0.3, -0.25) is 0 Å². The minimum atomic E-state index is 0.226. The molecule has 94 valence electrons. The van der Waals surface area contributed by atoms with E-state index in [1.807, 2.05) is 6.92 Å². The van der Waals surface area contributed by atoms with Gasteiger partial charge in [-0.05, 0) is 32.3 Å². The molecule has 0 aromatic carbocycles. The maximum atomic E-state index is 5.85. The van der Waals surface area contributed by atoms with Crippen LogP contribution in [0, 0.1) is 6.92 Å². The maximum Gasteiger partial charge on any atom is 0.155 e. The van der Waals surface area contributed by atoms with Crippen molar-refractivity contribution in [2.45, 2.75) is 38.9 Å². The second-order valence-electron chi connectivity index (χ2n) is 4.25. The van der Waals surface area contributed by atoms with E-state index in [0.29, 0.717) is 24.2 Å². The Labute approximate surface area is 106 Å². The molecule has 0 spiro atoms. The number of aryl methyl sites for hydroxylation is 1. The number of rotatable bonds is 4. The molecule has 1 fully saturated rings. The molecule has 1 aliphatic rings. The van der Waals surface area contributed by atoms with Gasteiger partial charge in [0, 0.05) is 12.3 Å². The van der Waals surface area contributed by atoms with Gasteiger partial charge in [-0.15, -0.1) is 0 Å². The van der Waals surface area contributed by atoms with Gasteiger partial charge in [0.25, 0.3) is 0 Å². The van der Waals surface area contributed by atoms with E-state index in [4.69, 9.17) is 21.1 Å². The Kier molecular flexibility index (Phi) is 4.71. The molecule has 2 heterocycles. The van der Waals surface area contributed by atoms with Crippen molar-refractivity contribution in [1.29, 1.82) is 0 Å². The van der Waals surface area contributed by atoms with Crippen LogP contribution in [0.3, 0.4) is 0 Å². The average Bonchev–Trinajstić information content (AvgIpc) is 2.29. The van der Waals surface area contributed by atoms with Gasteiger partial charge in [-0.25, -0.2) is 9.97 Å². The van der Waals surface area contributed by atoms with Gasteiger partial charge >= 0.3 is 0 Å². The smallest absolute Gasteiger partial charge is 0.155 e. The van der Waals surface area contributed by atoms with E-state index in [1.165, 1.54) is 6.42 Å². The second kappa shape index (κ2) is 6.28. The van der Waals surface area contributed by atoms with Crippen LogP contribution in [-0.4, -0.2) is 29.3 Å². The zero-order valence-corrected chi connectivity index (χ0v) is 10.7. The highest BCUT2D eigenvalue weighted by Crippen LogP contribution is 2.13. The average molecular weight is 257 g/mol. The largest absolute Gasteiger partial charge is 0.376 e. The van der Waals surface area contributed by atoms with Crippen molar-refractivity contribution in [3.8, 4) is 0 Å². The summed E-state index contributed by atoms with van der Waals surface area (Å²) in [5, 5.41) is 0.463. The molecule has 1 aromatic heterocycles. The maximum absolute atomic E-state index is 5.85. The van der Waals surface area contributed by atoms with Crippen molar-refractivity contribution in [3.63, 3.8) is 0 Å². The fourth-order valence-electron chi connectivity index (χ4n) is 1.87. The molecule has 1 saturated heterocycles. The fourth-order valence-corrected chi connectivity index (χ4v) is 2.13. The van der Waals surface area contributed by atoms with Gasteiger partial charge in [-0.2, -0.15) is 0 Å². The van der Waals surface area contributed by atoms with Crippen LogP contribution in [0.15, 0.2) is 6.07 Å². The molecule has 1 unspecified atom stereocenters. The van der Waals surface area contributed by atoms with Crippen LogP contribution in [-0.2, 0) is 16.1 Å². The highest BCUT2D eigenvalue weighted by Gasteiger charge is 2.14. The predicted molar refractivity (Wildman–Crippen MR) is 65.0 cm³/mol. The summed E-state index contributed by atoms with van der Waals surface area (Å²) in [6.07, 6.45) is 3.69. The lowest BCUT2D eigenvalue weighted by Crippen LogP contribution is -2.24. The molecule has 0 bridgehead atoms. The van der Waals surface area contributed by atoms with Crippen LogP contribution >= 0.6 is 11.6 Å². The van der Waals surface area contributed by atoms with Gasteiger partial charge in [0.15, 0.2) is 5.82 Å². The van der Waals surface area contributed by atoms with Gasteiger partial charge in [-0.1, -0.05) is 11.6 Å². The van der Waals surface area contributed by atoms with Crippen molar-refractivity contribution in [3.05, 3.63) is 22.7 Å². The van der Waals surface area contributed by atoms with Crippen molar-refractivity contribution < 1.29 is 9.47 Å². The molecule has 1 atom stereocenters. The number of aromatic nitrogens is 2. The van der Waals surface area contributed by atoms with Crippen LogP contribution in [0.5, 0.6) is 0 Å². The SMILES string of the molecule is Cc1cc(Cl)nc(COCC2CCCCO2)n1. The van der Waals surface area contributed by atoms with Gasteiger partial charge in [0.05, 0.1) is 12.7 Å². The molecule has 0 radical (unpaired) electrons. The Balaban J connectivity index is 1.77. The first-order valence-corrected chi connectivity index (χ1v) is 6.31. The summed E-state index contributed by atoms with van der Waals surface area (Å²) in [6, 6.07) is 1.73. The first kappa shape index (κ1) is 12.7. The highest BCUT2D eigenvalue weighted by molar-refractivity contribution is 6.29. The number of hydrogen-bond donors (Lipinski definition) is 0. The van der Waals surface area contributed by atoms with E-state index >= 15 is 0 Å². The van der Waals surface area contributed by atoms with E-state index in [-0.39, 0.29) is 6.10 Å². The molecule has 0 N–H and O–H groups in total. The highest BCUT2D eigenvalue weighted by atomic mass is 35.5. The fraction of sp³-hybridized carbons (Fsp3) is 0.667. The van der Waals surface area contributed by atoms with Crippen molar-refractivity contribution >= 4 is 11.6 Å². The number of halogens is 1.